The van der Waals surface area contributed by atoms with Gasteiger partial charge in [-0.2, -0.15) is 4.98 Å². The van der Waals surface area contributed by atoms with Crippen LogP contribution in [0.25, 0.3) is 0 Å². The molecule has 2 N–H and O–H groups in total. The molecule has 132 valence electrons. The molecule has 1 unspecified atom stereocenters. The Morgan fingerprint density at radius 2 is 2.16 bits per heavy atom. The summed E-state index contributed by atoms with van der Waals surface area (Å²) < 4.78 is 5.48. The fourth-order valence-corrected chi connectivity index (χ4v) is 4.19. The van der Waals surface area contributed by atoms with E-state index in [2.05, 4.69) is 10.1 Å². The summed E-state index contributed by atoms with van der Waals surface area (Å²) in [5, 5.41) is 4.12. The summed E-state index contributed by atoms with van der Waals surface area (Å²) in [6.07, 6.45) is 6.40. The van der Waals surface area contributed by atoms with E-state index in [-0.39, 0.29) is 11.8 Å². The minimum absolute atomic E-state index is 0.0725. The van der Waals surface area contributed by atoms with Gasteiger partial charge >= 0.3 is 0 Å². The number of nitrogens with zero attached hydrogens (tertiary/aromatic N) is 3. The molecule has 1 saturated heterocycles. The van der Waals surface area contributed by atoms with Crippen molar-refractivity contribution in [3.63, 3.8) is 0 Å². The van der Waals surface area contributed by atoms with E-state index in [1.54, 1.807) is 11.8 Å². The quantitative estimate of drug-likeness (QED) is 0.846. The molecule has 2 fully saturated rings. The van der Waals surface area contributed by atoms with E-state index < -0.39 is 5.54 Å². The van der Waals surface area contributed by atoms with Gasteiger partial charge in [0.2, 0.25) is 11.8 Å². The number of carbonyl (C=O) groups is 1. The van der Waals surface area contributed by atoms with Crippen molar-refractivity contribution >= 4 is 23.4 Å². The number of thioether (sulfide) groups is 1. The first-order valence-corrected chi connectivity index (χ1v) is 9.89. The highest BCUT2D eigenvalue weighted by atomic mass is 32.2. The van der Waals surface area contributed by atoms with Crippen LogP contribution in [-0.4, -0.2) is 28.8 Å². The van der Waals surface area contributed by atoms with Gasteiger partial charge in [-0.25, -0.2) is 0 Å². The van der Waals surface area contributed by atoms with Gasteiger partial charge in [-0.15, -0.1) is 11.8 Å². The van der Waals surface area contributed by atoms with Crippen LogP contribution in [0.5, 0.6) is 0 Å². The summed E-state index contributed by atoms with van der Waals surface area (Å²) in [6.45, 7) is 0.565. The van der Waals surface area contributed by atoms with Gasteiger partial charge in [0, 0.05) is 23.5 Å². The molecule has 1 aliphatic carbocycles. The second-order valence-corrected chi connectivity index (χ2v) is 7.81. The maximum Gasteiger partial charge on any atom is 0.232 e. The second-order valence-electron chi connectivity index (χ2n) is 6.93. The van der Waals surface area contributed by atoms with Gasteiger partial charge in [-0.3, -0.25) is 4.79 Å². The first-order valence-electron chi connectivity index (χ1n) is 8.66. The topological polar surface area (TPSA) is 85.2 Å². The molecule has 4 rings (SSSR count). The Morgan fingerprint density at radius 1 is 1.36 bits per heavy atom. The second kappa shape index (κ2) is 6.46. The molecule has 1 atom stereocenters. The zero-order valence-electron chi connectivity index (χ0n) is 14.3. The van der Waals surface area contributed by atoms with E-state index in [0.29, 0.717) is 24.7 Å². The van der Waals surface area contributed by atoms with Crippen LogP contribution in [0.1, 0.15) is 49.7 Å². The normalized spacial score (nSPS) is 22.7. The zero-order valence-corrected chi connectivity index (χ0v) is 15.1. The fraction of sp³-hybridized carbons (Fsp3) is 0.500. The number of hydrogen-bond donors (Lipinski definition) is 1. The Hall–Kier alpha value is -1.86. The number of hydrogen-bond acceptors (Lipinski definition) is 6. The van der Waals surface area contributed by atoms with Crippen molar-refractivity contribution in [3.05, 3.63) is 36.0 Å². The predicted molar refractivity (Wildman–Crippen MR) is 96.6 cm³/mol. The number of aromatic nitrogens is 2. The van der Waals surface area contributed by atoms with Gasteiger partial charge < -0.3 is 15.2 Å². The summed E-state index contributed by atoms with van der Waals surface area (Å²) in [5.41, 5.74) is 6.87. The zero-order chi connectivity index (χ0) is 17.4. The molecule has 1 aliphatic heterocycles. The van der Waals surface area contributed by atoms with Crippen LogP contribution < -0.4 is 10.6 Å². The number of carbonyl (C=O) groups excluding carboxylic acids is 1. The van der Waals surface area contributed by atoms with E-state index in [0.717, 1.165) is 36.3 Å². The predicted octanol–water partition coefficient (Wildman–Crippen LogP) is 3.04. The summed E-state index contributed by atoms with van der Waals surface area (Å²) >= 11 is 1.66. The van der Waals surface area contributed by atoms with Crippen LogP contribution in [0.2, 0.25) is 0 Å². The first-order chi connectivity index (χ1) is 12.1. The van der Waals surface area contributed by atoms with Crippen LogP contribution in [0.3, 0.4) is 0 Å². The Labute approximate surface area is 151 Å². The molecule has 0 bridgehead atoms. The lowest BCUT2D eigenvalue weighted by molar-refractivity contribution is -0.117. The minimum atomic E-state index is -0.462. The highest BCUT2D eigenvalue weighted by molar-refractivity contribution is 7.98. The molecular formula is C18H22N4O2S. The van der Waals surface area contributed by atoms with Crippen molar-refractivity contribution < 1.29 is 9.32 Å². The van der Waals surface area contributed by atoms with E-state index in [1.165, 1.54) is 0 Å². The molecule has 2 heterocycles. The summed E-state index contributed by atoms with van der Waals surface area (Å²) in [6, 6.07) is 8.02. The van der Waals surface area contributed by atoms with Gasteiger partial charge in [0.25, 0.3) is 0 Å². The third-order valence-electron chi connectivity index (χ3n) is 5.22. The van der Waals surface area contributed by atoms with Gasteiger partial charge in [-0.05, 0) is 37.3 Å². The standard InChI is InChI=1S/C18H22N4O2S/c1-25-14-6-4-5-13(10-14)22-11-12(9-15(22)23)16-20-17(21-24-16)18(19)7-2-3-8-18/h4-6,10,12H,2-3,7-9,11,19H2,1H3. The molecule has 7 heteroatoms. The van der Waals surface area contributed by atoms with Crippen molar-refractivity contribution in [1.82, 2.24) is 10.1 Å². The van der Waals surface area contributed by atoms with Gasteiger partial charge in [0.05, 0.1) is 11.5 Å². The molecule has 0 radical (unpaired) electrons. The number of rotatable bonds is 4. The van der Waals surface area contributed by atoms with E-state index >= 15 is 0 Å². The molecule has 1 amide bonds. The number of benzene rings is 1. The Morgan fingerprint density at radius 3 is 2.92 bits per heavy atom. The molecule has 2 aromatic rings. The molecule has 25 heavy (non-hydrogen) atoms. The molecule has 1 saturated carbocycles. The number of amides is 1. The van der Waals surface area contributed by atoms with E-state index in [1.807, 2.05) is 35.4 Å². The monoisotopic (exact) mass is 358 g/mol. The summed E-state index contributed by atoms with van der Waals surface area (Å²) in [5.74, 6) is 1.14. The van der Waals surface area contributed by atoms with Crippen LogP contribution in [0, 0.1) is 0 Å². The average Bonchev–Trinajstić information content (AvgIpc) is 3.34. The lowest BCUT2D eigenvalue weighted by Gasteiger charge is -2.18. The van der Waals surface area contributed by atoms with Crippen molar-refractivity contribution in [3.8, 4) is 0 Å². The number of nitrogens with two attached hydrogens (primary N) is 1. The lowest BCUT2D eigenvalue weighted by Crippen LogP contribution is -2.34. The van der Waals surface area contributed by atoms with E-state index in [9.17, 15) is 4.79 Å². The molecule has 1 aromatic carbocycles. The third kappa shape index (κ3) is 3.06. The highest BCUT2D eigenvalue weighted by Crippen LogP contribution is 2.37. The Kier molecular flexibility index (Phi) is 4.29. The van der Waals surface area contributed by atoms with Crippen molar-refractivity contribution in [2.75, 3.05) is 17.7 Å². The van der Waals surface area contributed by atoms with Crippen LogP contribution in [-0.2, 0) is 10.3 Å². The Balaban J connectivity index is 1.53. The summed E-state index contributed by atoms with van der Waals surface area (Å²) in [4.78, 5) is 20.0. The minimum Gasteiger partial charge on any atom is -0.339 e. The molecule has 1 aromatic heterocycles. The lowest BCUT2D eigenvalue weighted by atomic mass is 9.98. The molecule has 0 spiro atoms. The smallest absolute Gasteiger partial charge is 0.232 e. The molecule has 2 aliphatic rings. The fourth-order valence-electron chi connectivity index (χ4n) is 3.73. The average molecular weight is 358 g/mol. The van der Waals surface area contributed by atoms with Crippen molar-refractivity contribution in [2.45, 2.75) is 48.5 Å². The molecular weight excluding hydrogens is 336 g/mol. The largest absolute Gasteiger partial charge is 0.339 e. The van der Waals surface area contributed by atoms with Crippen LogP contribution in [0.15, 0.2) is 33.7 Å². The SMILES string of the molecule is CSc1cccc(N2CC(c3nc(C4(N)CCCC4)no3)CC2=O)c1. The van der Waals surface area contributed by atoms with Gasteiger partial charge in [0.1, 0.15) is 0 Å². The summed E-state index contributed by atoms with van der Waals surface area (Å²) in [7, 11) is 0. The number of anilines is 1. The third-order valence-corrected chi connectivity index (χ3v) is 5.95. The highest BCUT2D eigenvalue weighted by Gasteiger charge is 2.39. The maximum absolute atomic E-state index is 12.5. The van der Waals surface area contributed by atoms with Crippen LogP contribution in [0.4, 0.5) is 5.69 Å². The Bertz CT molecular complexity index is 785. The first kappa shape index (κ1) is 16.6. The van der Waals surface area contributed by atoms with Gasteiger partial charge in [0.15, 0.2) is 5.82 Å². The van der Waals surface area contributed by atoms with Crippen molar-refractivity contribution in [2.24, 2.45) is 5.73 Å². The van der Waals surface area contributed by atoms with Crippen molar-refractivity contribution in [1.29, 1.82) is 0 Å². The van der Waals surface area contributed by atoms with Crippen LogP contribution >= 0.6 is 11.8 Å². The maximum atomic E-state index is 12.5. The molecule has 6 nitrogen and oxygen atoms in total. The van der Waals surface area contributed by atoms with E-state index in [4.69, 9.17) is 10.3 Å². The van der Waals surface area contributed by atoms with Gasteiger partial charge in [-0.1, -0.05) is 24.1 Å².